The van der Waals surface area contributed by atoms with Crippen LogP contribution in [-0.2, 0) is 0 Å². The third-order valence-electron chi connectivity index (χ3n) is 9.48. The van der Waals surface area contributed by atoms with Gasteiger partial charge in [0.25, 0.3) is 11.8 Å². The van der Waals surface area contributed by atoms with E-state index in [2.05, 4.69) is 12.1 Å². The first kappa shape index (κ1) is 29.6. The summed E-state index contributed by atoms with van der Waals surface area (Å²) < 4.78 is 2.05. The number of aromatic nitrogens is 1. The van der Waals surface area contributed by atoms with Crippen molar-refractivity contribution in [3.8, 4) is 40.1 Å². The Hall–Kier alpha value is -6.76. The molecular weight excluding hydrogens is 604 g/mol. The van der Waals surface area contributed by atoms with Crippen molar-refractivity contribution in [1.29, 1.82) is 10.5 Å². The number of imide groups is 1. The lowest BCUT2D eigenvalue weighted by Crippen LogP contribution is -2.31. The Balaban J connectivity index is 1.44. The van der Waals surface area contributed by atoms with E-state index in [1.54, 1.807) is 18.2 Å². The zero-order valence-electron chi connectivity index (χ0n) is 27.1. The van der Waals surface area contributed by atoms with Gasteiger partial charge in [0.15, 0.2) is 0 Å². The lowest BCUT2D eigenvalue weighted by Gasteiger charge is -2.20. The van der Waals surface area contributed by atoms with E-state index >= 15 is 0 Å². The first-order valence-electron chi connectivity index (χ1n) is 16.0. The molecule has 0 N–H and O–H groups in total. The van der Waals surface area contributed by atoms with E-state index in [1.807, 2.05) is 122 Å². The largest absolute Gasteiger partial charge is 0.308 e. The predicted molar refractivity (Wildman–Crippen MR) is 193 cm³/mol. The Labute approximate surface area is 283 Å². The zero-order valence-corrected chi connectivity index (χ0v) is 27.1. The van der Waals surface area contributed by atoms with Gasteiger partial charge in [-0.3, -0.25) is 9.59 Å². The van der Waals surface area contributed by atoms with E-state index in [0.717, 1.165) is 60.8 Å². The van der Waals surface area contributed by atoms with Crippen LogP contribution in [0.3, 0.4) is 0 Å². The second-order valence-electron chi connectivity index (χ2n) is 12.5. The van der Waals surface area contributed by atoms with Crippen LogP contribution in [-0.4, -0.2) is 16.4 Å². The summed E-state index contributed by atoms with van der Waals surface area (Å²) in [5, 5.41) is 21.7. The molecule has 232 valence electrons. The van der Waals surface area contributed by atoms with Crippen LogP contribution < -0.4 is 4.90 Å². The summed E-state index contributed by atoms with van der Waals surface area (Å²) in [5.41, 5.74) is 10.7. The van der Waals surface area contributed by atoms with E-state index in [4.69, 9.17) is 0 Å². The number of anilines is 1. The number of amides is 2. The molecule has 1 aliphatic rings. The Morgan fingerprint density at radius 3 is 1.59 bits per heavy atom. The SMILES string of the molecule is Cc1cc(C)c(N2C(=O)c3cccc(-n4c5cc(-c6ccccc6C#N)ccc5c5ccc(-c6ccccc6C#N)cc54)c3C2=O)c(C)c1. The van der Waals surface area contributed by atoms with Crippen LogP contribution in [0.15, 0.2) is 115 Å². The molecule has 6 heteroatoms. The third-order valence-corrected chi connectivity index (χ3v) is 9.48. The first-order valence-corrected chi connectivity index (χ1v) is 16.0. The van der Waals surface area contributed by atoms with Crippen LogP contribution in [0, 0.1) is 43.4 Å². The van der Waals surface area contributed by atoms with Gasteiger partial charge in [-0.25, -0.2) is 4.90 Å². The lowest BCUT2D eigenvalue weighted by molar-refractivity contribution is 0.0925. The van der Waals surface area contributed by atoms with Gasteiger partial charge < -0.3 is 4.57 Å². The highest BCUT2D eigenvalue weighted by atomic mass is 16.2. The molecule has 8 rings (SSSR count). The van der Waals surface area contributed by atoms with Crippen LogP contribution in [0.4, 0.5) is 5.69 Å². The molecule has 7 aromatic rings. The van der Waals surface area contributed by atoms with Gasteiger partial charge in [0.1, 0.15) is 0 Å². The summed E-state index contributed by atoms with van der Waals surface area (Å²) in [4.78, 5) is 30.0. The summed E-state index contributed by atoms with van der Waals surface area (Å²) >= 11 is 0. The maximum absolute atomic E-state index is 14.5. The zero-order chi connectivity index (χ0) is 34.0. The minimum atomic E-state index is -0.377. The smallest absolute Gasteiger partial charge is 0.268 e. The van der Waals surface area contributed by atoms with Crippen molar-refractivity contribution < 1.29 is 9.59 Å². The molecule has 1 aliphatic heterocycles. The molecule has 0 saturated heterocycles. The highest BCUT2D eigenvalue weighted by molar-refractivity contribution is 6.36. The van der Waals surface area contributed by atoms with E-state index in [1.165, 1.54) is 4.90 Å². The number of benzene rings is 6. The summed E-state index contributed by atoms with van der Waals surface area (Å²) in [6.45, 7) is 5.85. The number of hydrogen-bond donors (Lipinski definition) is 0. The van der Waals surface area contributed by atoms with Gasteiger partial charge >= 0.3 is 0 Å². The fourth-order valence-electron chi connectivity index (χ4n) is 7.46. The van der Waals surface area contributed by atoms with Crippen molar-refractivity contribution in [2.45, 2.75) is 20.8 Å². The molecule has 6 nitrogen and oxygen atoms in total. The highest BCUT2D eigenvalue weighted by Gasteiger charge is 2.40. The summed E-state index contributed by atoms with van der Waals surface area (Å²) in [7, 11) is 0. The van der Waals surface area contributed by atoms with Gasteiger partial charge in [-0.2, -0.15) is 10.5 Å². The van der Waals surface area contributed by atoms with Gasteiger partial charge in [-0.05, 0) is 90.6 Å². The van der Waals surface area contributed by atoms with E-state index in [0.29, 0.717) is 33.6 Å². The number of nitrogens with zero attached hydrogens (tertiary/aromatic N) is 4. The Morgan fingerprint density at radius 2 is 1.06 bits per heavy atom. The van der Waals surface area contributed by atoms with Crippen LogP contribution in [0.1, 0.15) is 48.5 Å². The maximum Gasteiger partial charge on any atom is 0.268 e. The van der Waals surface area contributed by atoms with Gasteiger partial charge in [-0.1, -0.05) is 84.4 Å². The molecule has 0 fully saturated rings. The normalized spacial score (nSPS) is 12.4. The lowest BCUT2D eigenvalue weighted by atomic mass is 9.98. The second kappa shape index (κ2) is 11.2. The Bertz CT molecular complexity index is 2530. The molecule has 49 heavy (non-hydrogen) atoms. The summed E-state index contributed by atoms with van der Waals surface area (Å²) in [6.07, 6.45) is 0. The van der Waals surface area contributed by atoms with Crippen LogP contribution in [0.2, 0.25) is 0 Å². The topological polar surface area (TPSA) is 89.9 Å². The van der Waals surface area contributed by atoms with E-state index < -0.39 is 0 Å². The summed E-state index contributed by atoms with van der Waals surface area (Å²) in [5.74, 6) is -0.734. The standard InChI is InChI=1S/C43H28N4O2/c1-25-19-26(2)41(27(3)20-25)47-42(48)36-13-8-14-37(40(36)43(47)49)46-38-21-28(32-11-6-4-9-30(32)23-44)15-17-34(38)35-18-16-29(22-39(35)46)33-12-7-5-10-31(33)24-45/h4-22H,1-3H3. The second-order valence-corrected chi connectivity index (χ2v) is 12.5. The van der Waals surface area contributed by atoms with Gasteiger partial charge in [-0.15, -0.1) is 0 Å². The minimum Gasteiger partial charge on any atom is -0.308 e. The monoisotopic (exact) mass is 632 g/mol. The molecule has 2 heterocycles. The fourth-order valence-corrected chi connectivity index (χ4v) is 7.46. The molecule has 6 aromatic carbocycles. The van der Waals surface area contributed by atoms with Crippen molar-refractivity contribution in [3.63, 3.8) is 0 Å². The number of fused-ring (bicyclic) bond motifs is 4. The molecule has 0 aliphatic carbocycles. The number of nitriles is 2. The minimum absolute atomic E-state index is 0.330. The van der Waals surface area contributed by atoms with Crippen molar-refractivity contribution in [1.82, 2.24) is 4.57 Å². The fraction of sp³-hybridized carbons (Fsp3) is 0.0698. The van der Waals surface area contributed by atoms with Crippen molar-refractivity contribution in [2.75, 3.05) is 4.90 Å². The van der Waals surface area contributed by atoms with Crippen molar-refractivity contribution in [2.24, 2.45) is 0 Å². The first-order chi connectivity index (χ1) is 23.8. The average Bonchev–Trinajstić information content (AvgIpc) is 3.57. The molecule has 0 unspecified atom stereocenters. The van der Waals surface area contributed by atoms with E-state index in [-0.39, 0.29) is 11.8 Å². The molecule has 0 spiro atoms. The summed E-state index contributed by atoms with van der Waals surface area (Å²) in [6, 6.07) is 41.2. The van der Waals surface area contributed by atoms with Crippen LogP contribution in [0.25, 0.3) is 49.7 Å². The molecule has 0 saturated carbocycles. The number of rotatable bonds is 4. The molecule has 0 atom stereocenters. The quantitative estimate of drug-likeness (QED) is 0.181. The Kier molecular flexibility index (Phi) is 6.77. The maximum atomic E-state index is 14.5. The number of carbonyl (C=O) groups is 2. The van der Waals surface area contributed by atoms with Crippen molar-refractivity contribution >= 4 is 39.3 Å². The van der Waals surface area contributed by atoms with E-state index in [9.17, 15) is 20.1 Å². The number of carbonyl (C=O) groups excluding carboxylic acids is 2. The van der Waals surface area contributed by atoms with Gasteiger partial charge in [0, 0.05) is 10.8 Å². The highest BCUT2D eigenvalue weighted by Crippen LogP contribution is 2.41. The molecule has 0 bridgehead atoms. The molecule has 0 radical (unpaired) electrons. The van der Waals surface area contributed by atoms with Gasteiger partial charge in [0.05, 0.1) is 56.8 Å². The van der Waals surface area contributed by atoms with Crippen molar-refractivity contribution in [3.05, 3.63) is 154 Å². The molecule has 1 aromatic heterocycles. The number of aryl methyl sites for hydroxylation is 3. The predicted octanol–water partition coefficient (Wildman–Crippen LogP) is 9.59. The third kappa shape index (κ3) is 4.47. The number of hydrogen-bond acceptors (Lipinski definition) is 4. The molecule has 2 amide bonds. The van der Waals surface area contributed by atoms with Gasteiger partial charge in [0.2, 0.25) is 0 Å². The average molecular weight is 633 g/mol. The molecular formula is C43H28N4O2. The Morgan fingerprint density at radius 1 is 0.551 bits per heavy atom. The van der Waals surface area contributed by atoms with Crippen LogP contribution >= 0.6 is 0 Å². The van der Waals surface area contributed by atoms with Crippen LogP contribution in [0.5, 0.6) is 0 Å².